The second kappa shape index (κ2) is 16.3. The number of anilines is 2. The van der Waals surface area contributed by atoms with Crippen LogP contribution in [0, 0.1) is 0 Å². The summed E-state index contributed by atoms with van der Waals surface area (Å²) in [5.41, 5.74) is 3.72. The Morgan fingerprint density at radius 2 is 1.22 bits per heavy atom. The third-order valence-corrected chi connectivity index (χ3v) is 9.03. The fourth-order valence-electron chi connectivity index (χ4n) is 5.12. The SMILES string of the molecule is CC(=O)c1ccc(NC(=O)[C@H](Sc2ccc(NC(=O)/C(=C\c3ccc(-c4ccccc4)o3)NC(=O)c3ccccc3)cc2)c2ccccc2)cc1. The molecule has 0 saturated heterocycles. The number of carbonyl (C=O) groups excluding carboxylic acids is 4. The highest BCUT2D eigenvalue weighted by Gasteiger charge is 2.23. The molecule has 51 heavy (non-hydrogen) atoms. The lowest BCUT2D eigenvalue weighted by Crippen LogP contribution is -2.30. The minimum absolute atomic E-state index is 0.00610. The van der Waals surface area contributed by atoms with Gasteiger partial charge in [0.25, 0.3) is 11.8 Å². The van der Waals surface area contributed by atoms with E-state index in [1.54, 1.807) is 78.9 Å². The first-order valence-electron chi connectivity index (χ1n) is 16.1. The van der Waals surface area contributed by atoms with Crippen LogP contribution in [0.4, 0.5) is 11.4 Å². The first kappa shape index (κ1) is 34.4. The van der Waals surface area contributed by atoms with Crippen LogP contribution in [0.25, 0.3) is 17.4 Å². The van der Waals surface area contributed by atoms with Crippen LogP contribution in [0.15, 0.2) is 167 Å². The van der Waals surface area contributed by atoms with Crippen molar-refractivity contribution in [3.8, 4) is 11.3 Å². The van der Waals surface area contributed by atoms with E-state index >= 15 is 0 Å². The van der Waals surface area contributed by atoms with Gasteiger partial charge in [-0.15, -0.1) is 11.8 Å². The molecule has 5 aromatic carbocycles. The molecule has 3 amide bonds. The standard InChI is InChI=1S/C42H33N3O5S/c1-28(46)29-17-19-33(20-18-29)44-42(49)39(31-13-7-3-8-14-31)51-36-24-21-34(22-25-36)43-41(48)37(45-40(47)32-15-9-4-10-16-32)27-35-23-26-38(50-35)30-11-5-2-6-12-30/h2-27,39H,1H3,(H,43,48)(H,44,49)(H,45,47)/b37-27+/t39-/m1/s1. The quantitative estimate of drug-likeness (QED) is 0.0670. The van der Waals surface area contributed by atoms with Crippen molar-refractivity contribution in [2.75, 3.05) is 10.6 Å². The second-order valence-corrected chi connectivity index (χ2v) is 12.6. The predicted molar refractivity (Wildman–Crippen MR) is 201 cm³/mol. The van der Waals surface area contributed by atoms with Crippen molar-refractivity contribution in [3.63, 3.8) is 0 Å². The Kier molecular flexibility index (Phi) is 11.0. The number of hydrogen-bond donors (Lipinski definition) is 3. The van der Waals surface area contributed by atoms with Crippen molar-refractivity contribution in [1.82, 2.24) is 5.32 Å². The monoisotopic (exact) mass is 691 g/mol. The largest absolute Gasteiger partial charge is 0.457 e. The van der Waals surface area contributed by atoms with Crippen molar-refractivity contribution in [2.45, 2.75) is 17.1 Å². The molecule has 6 aromatic rings. The van der Waals surface area contributed by atoms with Crippen LogP contribution in [0.3, 0.4) is 0 Å². The van der Waals surface area contributed by atoms with Crippen molar-refractivity contribution < 1.29 is 23.6 Å². The van der Waals surface area contributed by atoms with Gasteiger partial charge in [-0.25, -0.2) is 0 Å². The van der Waals surface area contributed by atoms with E-state index in [9.17, 15) is 19.2 Å². The smallest absolute Gasteiger partial charge is 0.272 e. The average molecular weight is 692 g/mol. The summed E-state index contributed by atoms with van der Waals surface area (Å²) < 4.78 is 5.99. The molecule has 1 aromatic heterocycles. The fraction of sp³-hybridized carbons (Fsp3) is 0.0476. The summed E-state index contributed by atoms with van der Waals surface area (Å²) >= 11 is 1.36. The molecular formula is C42H33N3O5S. The average Bonchev–Trinajstić information content (AvgIpc) is 3.64. The second-order valence-electron chi connectivity index (χ2n) is 11.5. The number of carbonyl (C=O) groups is 4. The molecular weight excluding hydrogens is 659 g/mol. The van der Waals surface area contributed by atoms with Crippen molar-refractivity contribution in [3.05, 3.63) is 180 Å². The lowest BCUT2D eigenvalue weighted by molar-refractivity contribution is -0.116. The van der Waals surface area contributed by atoms with Gasteiger partial charge in [-0.2, -0.15) is 0 Å². The zero-order chi connectivity index (χ0) is 35.6. The summed E-state index contributed by atoms with van der Waals surface area (Å²) in [7, 11) is 0. The lowest BCUT2D eigenvalue weighted by Gasteiger charge is -2.18. The minimum atomic E-state index is -0.587. The minimum Gasteiger partial charge on any atom is -0.457 e. The van der Waals surface area contributed by atoms with E-state index < -0.39 is 17.1 Å². The van der Waals surface area contributed by atoms with Crippen LogP contribution in [0.2, 0.25) is 0 Å². The molecule has 9 heteroatoms. The molecule has 0 unspecified atom stereocenters. The van der Waals surface area contributed by atoms with E-state index in [0.29, 0.717) is 34.0 Å². The number of nitrogens with one attached hydrogen (secondary N) is 3. The van der Waals surface area contributed by atoms with Crippen LogP contribution in [0.1, 0.15) is 44.2 Å². The van der Waals surface area contributed by atoms with E-state index in [-0.39, 0.29) is 17.4 Å². The molecule has 8 nitrogen and oxygen atoms in total. The van der Waals surface area contributed by atoms with Gasteiger partial charge in [-0.05, 0) is 85.3 Å². The van der Waals surface area contributed by atoms with Gasteiger partial charge < -0.3 is 20.4 Å². The summed E-state index contributed by atoms with van der Waals surface area (Å²) in [6, 6.07) is 45.0. The van der Waals surface area contributed by atoms with Crippen molar-refractivity contribution in [1.29, 1.82) is 0 Å². The van der Waals surface area contributed by atoms with E-state index in [0.717, 1.165) is 16.0 Å². The number of ketones is 1. The maximum absolute atomic E-state index is 13.6. The van der Waals surface area contributed by atoms with Gasteiger partial charge in [0, 0.05) is 39.0 Å². The summed E-state index contributed by atoms with van der Waals surface area (Å²) in [4.78, 5) is 52.7. The molecule has 0 radical (unpaired) electrons. The van der Waals surface area contributed by atoms with Crippen molar-refractivity contribution >= 4 is 52.7 Å². The summed E-state index contributed by atoms with van der Waals surface area (Å²) in [6.45, 7) is 1.49. The molecule has 6 rings (SSSR count). The summed E-state index contributed by atoms with van der Waals surface area (Å²) in [5.74, 6) is -0.259. The molecule has 0 saturated carbocycles. The van der Waals surface area contributed by atoms with Crippen LogP contribution in [-0.4, -0.2) is 23.5 Å². The Hall–Kier alpha value is -6.45. The molecule has 252 valence electrons. The zero-order valence-corrected chi connectivity index (χ0v) is 28.4. The Morgan fingerprint density at radius 1 is 0.627 bits per heavy atom. The Bertz CT molecular complexity index is 2160. The van der Waals surface area contributed by atoms with Crippen molar-refractivity contribution in [2.24, 2.45) is 0 Å². The highest BCUT2D eigenvalue weighted by molar-refractivity contribution is 8.00. The van der Waals surface area contributed by atoms with Gasteiger partial charge in [0.2, 0.25) is 5.91 Å². The number of Topliss-reactive ketones (excluding diaryl/α,β-unsaturated/α-hetero) is 1. The Balaban J connectivity index is 1.19. The molecule has 1 atom stereocenters. The molecule has 0 spiro atoms. The van der Waals surface area contributed by atoms with Gasteiger partial charge in [0.05, 0.1) is 0 Å². The highest BCUT2D eigenvalue weighted by atomic mass is 32.2. The van der Waals surface area contributed by atoms with E-state index in [1.807, 2.05) is 72.8 Å². The molecule has 0 fully saturated rings. The number of hydrogen-bond acceptors (Lipinski definition) is 6. The topological polar surface area (TPSA) is 118 Å². The van der Waals surface area contributed by atoms with E-state index in [2.05, 4.69) is 16.0 Å². The number of thioether (sulfide) groups is 1. The van der Waals surface area contributed by atoms with Gasteiger partial charge >= 0.3 is 0 Å². The highest BCUT2D eigenvalue weighted by Crippen LogP contribution is 2.37. The van der Waals surface area contributed by atoms with Crippen LogP contribution in [0.5, 0.6) is 0 Å². The molecule has 1 heterocycles. The molecule has 0 aliphatic rings. The van der Waals surface area contributed by atoms with E-state index in [1.165, 1.54) is 24.8 Å². The molecule has 0 bridgehead atoms. The molecule has 3 N–H and O–H groups in total. The number of benzene rings is 5. The first-order valence-corrected chi connectivity index (χ1v) is 17.0. The summed E-state index contributed by atoms with van der Waals surface area (Å²) in [6.07, 6.45) is 1.49. The number of rotatable bonds is 12. The van der Waals surface area contributed by atoms with E-state index in [4.69, 9.17) is 4.42 Å². The van der Waals surface area contributed by atoms with Gasteiger partial charge in [-0.3, -0.25) is 19.2 Å². The number of furan rings is 1. The lowest BCUT2D eigenvalue weighted by atomic mass is 10.1. The summed E-state index contributed by atoms with van der Waals surface area (Å²) in [5, 5.41) is 7.97. The van der Waals surface area contributed by atoms with Crippen LogP contribution < -0.4 is 16.0 Å². The number of amides is 3. The van der Waals surface area contributed by atoms with Gasteiger partial charge in [0.15, 0.2) is 5.78 Å². The maximum Gasteiger partial charge on any atom is 0.272 e. The van der Waals surface area contributed by atoms with Crippen LogP contribution in [-0.2, 0) is 9.59 Å². The third-order valence-electron chi connectivity index (χ3n) is 7.77. The normalized spacial score (nSPS) is 11.7. The maximum atomic E-state index is 13.6. The third kappa shape index (κ3) is 9.17. The predicted octanol–water partition coefficient (Wildman–Crippen LogP) is 9.03. The molecule has 0 aliphatic carbocycles. The van der Waals surface area contributed by atoms with Gasteiger partial charge in [0.1, 0.15) is 22.5 Å². The first-order chi connectivity index (χ1) is 24.8. The van der Waals surface area contributed by atoms with Gasteiger partial charge in [-0.1, -0.05) is 78.9 Å². The Morgan fingerprint density at radius 3 is 1.86 bits per heavy atom. The molecule has 0 aliphatic heterocycles. The zero-order valence-electron chi connectivity index (χ0n) is 27.5. The fourth-order valence-corrected chi connectivity index (χ4v) is 6.15. The Labute approximate surface area is 299 Å². The van der Waals surface area contributed by atoms with Crippen LogP contribution >= 0.6 is 11.8 Å².